The van der Waals surface area contributed by atoms with Crippen LogP contribution in [-0.4, -0.2) is 68.8 Å². The Balaban J connectivity index is 3.08. The Morgan fingerprint density at radius 3 is 2.06 bits per heavy atom. The molecule has 6 atom stereocenters. The molecule has 0 radical (unpaired) electrons. The number of H-pyrrole nitrogens is 1. The first-order valence-electron chi connectivity index (χ1n) is 12.1. The maximum atomic E-state index is 13.3. The van der Waals surface area contributed by atoms with Crippen LogP contribution >= 0.6 is 0 Å². The molecule has 0 fully saturated rings. The van der Waals surface area contributed by atoms with E-state index in [-0.39, 0.29) is 31.1 Å². The second-order valence-electron chi connectivity index (χ2n) is 9.04. The van der Waals surface area contributed by atoms with Gasteiger partial charge in [-0.15, -0.1) is 0 Å². The lowest BCUT2D eigenvalue weighted by atomic mass is 9.95. The van der Waals surface area contributed by atoms with E-state index in [1.807, 2.05) is 13.8 Å². The Labute approximate surface area is 210 Å². The van der Waals surface area contributed by atoms with Gasteiger partial charge in [0.15, 0.2) is 0 Å². The average Bonchev–Trinajstić information content (AvgIpc) is 3.35. The zero-order chi connectivity index (χ0) is 27.4. The van der Waals surface area contributed by atoms with E-state index in [9.17, 15) is 29.1 Å². The van der Waals surface area contributed by atoms with Crippen molar-refractivity contribution in [3.63, 3.8) is 0 Å². The summed E-state index contributed by atoms with van der Waals surface area (Å²) in [7, 11) is 0. The maximum absolute atomic E-state index is 13.3. The van der Waals surface area contributed by atoms with Gasteiger partial charge in [0.05, 0.1) is 12.4 Å². The third-order valence-electron chi connectivity index (χ3n) is 6.22. The molecule has 0 saturated heterocycles. The van der Waals surface area contributed by atoms with Crippen molar-refractivity contribution in [2.45, 2.75) is 84.0 Å². The third-order valence-corrected chi connectivity index (χ3v) is 6.22. The molecule has 0 aliphatic rings. The van der Waals surface area contributed by atoms with Gasteiger partial charge in [-0.25, -0.2) is 9.78 Å². The number of nitrogens with zero attached hydrogens (tertiary/aromatic N) is 1. The number of rotatable bonds is 16. The summed E-state index contributed by atoms with van der Waals surface area (Å²) in [6.07, 6.45) is 3.90. The number of aromatic amines is 1. The molecule has 0 bridgehead atoms. The van der Waals surface area contributed by atoms with Gasteiger partial charge >= 0.3 is 5.97 Å². The van der Waals surface area contributed by atoms with Crippen LogP contribution in [0.15, 0.2) is 12.5 Å². The lowest BCUT2D eigenvalue weighted by molar-refractivity contribution is -0.144. The third kappa shape index (κ3) is 9.64. The van der Waals surface area contributed by atoms with Crippen molar-refractivity contribution < 1.29 is 29.1 Å². The summed E-state index contributed by atoms with van der Waals surface area (Å²) < 4.78 is 0. The van der Waals surface area contributed by atoms with Crippen LogP contribution in [0.2, 0.25) is 0 Å². The van der Waals surface area contributed by atoms with Crippen molar-refractivity contribution in [3.8, 4) is 0 Å². The summed E-state index contributed by atoms with van der Waals surface area (Å²) in [5.74, 6) is -4.38. The fourth-order valence-corrected chi connectivity index (χ4v) is 3.42. The molecule has 6 unspecified atom stereocenters. The predicted octanol–water partition coefficient (Wildman–Crippen LogP) is -0.824. The molecule has 13 heteroatoms. The fraction of sp³-hybridized carbons (Fsp3) is 0.652. The van der Waals surface area contributed by atoms with Crippen LogP contribution in [0.5, 0.6) is 0 Å². The minimum atomic E-state index is -1.17. The van der Waals surface area contributed by atoms with Gasteiger partial charge in [0.1, 0.15) is 18.1 Å². The topological polar surface area (TPSA) is 222 Å². The van der Waals surface area contributed by atoms with Crippen molar-refractivity contribution in [3.05, 3.63) is 18.2 Å². The van der Waals surface area contributed by atoms with E-state index >= 15 is 0 Å². The Morgan fingerprint density at radius 1 is 0.972 bits per heavy atom. The van der Waals surface area contributed by atoms with Crippen LogP contribution < -0.4 is 27.4 Å². The Bertz CT molecular complexity index is 892. The van der Waals surface area contributed by atoms with Gasteiger partial charge in [-0.2, -0.15) is 0 Å². The summed E-state index contributed by atoms with van der Waals surface area (Å²) in [4.78, 5) is 68.4. The standard InChI is InChI=1S/C23H39N7O6/c1-5-12(3)18(22(34)30-19(23(35)36)13(4)6-2)29-21(33)16(9-14-10-26-11-27-14)28-20(32)15(24)7-8-17(25)31/h10-13,15-16,18-19H,5-9,24H2,1-4H3,(H2,25,31)(H,26,27)(H,28,32)(H,29,33)(H,30,34)(H,35,36). The Kier molecular flexibility index (Phi) is 12.6. The minimum absolute atomic E-state index is 0.00362. The first kappa shape index (κ1) is 30.6. The van der Waals surface area contributed by atoms with Gasteiger partial charge in [-0.3, -0.25) is 19.2 Å². The zero-order valence-corrected chi connectivity index (χ0v) is 21.2. The SMILES string of the molecule is CCC(C)C(NC(=O)C(NC(=O)C(Cc1cnc[nH]1)NC(=O)C(N)CCC(N)=O)C(C)CC)C(=O)O. The summed E-state index contributed by atoms with van der Waals surface area (Å²) in [5.41, 5.74) is 11.5. The number of nitrogens with one attached hydrogen (secondary N) is 4. The highest BCUT2D eigenvalue weighted by Gasteiger charge is 2.34. The summed E-state index contributed by atoms with van der Waals surface area (Å²) >= 11 is 0. The summed E-state index contributed by atoms with van der Waals surface area (Å²) in [6.45, 7) is 7.12. The predicted molar refractivity (Wildman–Crippen MR) is 131 cm³/mol. The van der Waals surface area contributed by atoms with E-state index in [0.717, 1.165) is 0 Å². The van der Waals surface area contributed by atoms with Gasteiger partial charge in [0.2, 0.25) is 23.6 Å². The number of nitrogens with two attached hydrogens (primary N) is 2. The van der Waals surface area contributed by atoms with E-state index < -0.39 is 53.8 Å². The van der Waals surface area contributed by atoms with Gasteiger partial charge in [-0.1, -0.05) is 40.5 Å². The second kappa shape index (κ2) is 14.8. The minimum Gasteiger partial charge on any atom is -0.480 e. The lowest BCUT2D eigenvalue weighted by Gasteiger charge is -2.29. The van der Waals surface area contributed by atoms with Gasteiger partial charge in [0, 0.05) is 24.7 Å². The van der Waals surface area contributed by atoms with Crippen molar-refractivity contribution in [1.29, 1.82) is 0 Å². The molecule has 0 aliphatic heterocycles. The summed E-state index contributed by atoms with van der Waals surface area (Å²) in [5, 5.41) is 17.3. The van der Waals surface area contributed by atoms with Gasteiger partial charge < -0.3 is 37.5 Å². The molecular formula is C23H39N7O6. The highest BCUT2D eigenvalue weighted by Crippen LogP contribution is 2.13. The molecular weight excluding hydrogens is 470 g/mol. The highest BCUT2D eigenvalue weighted by molar-refractivity contribution is 5.94. The molecule has 1 aromatic heterocycles. The number of hydrogen-bond acceptors (Lipinski definition) is 7. The van der Waals surface area contributed by atoms with E-state index in [2.05, 4.69) is 25.9 Å². The van der Waals surface area contributed by atoms with Crippen LogP contribution in [0.4, 0.5) is 0 Å². The first-order chi connectivity index (χ1) is 16.9. The molecule has 202 valence electrons. The number of carboxylic acids is 1. The quantitative estimate of drug-likeness (QED) is 0.149. The van der Waals surface area contributed by atoms with Crippen molar-refractivity contribution in [2.24, 2.45) is 23.3 Å². The van der Waals surface area contributed by atoms with E-state index in [4.69, 9.17) is 11.5 Å². The monoisotopic (exact) mass is 509 g/mol. The molecule has 36 heavy (non-hydrogen) atoms. The van der Waals surface area contributed by atoms with Crippen LogP contribution in [0.3, 0.4) is 0 Å². The number of carbonyl (C=O) groups excluding carboxylic acids is 4. The van der Waals surface area contributed by atoms with Crippen molar-refractivity contribution >= 4 is 29.6 Å². The van der Waals surface area contributed by atoms with Crippen LogP contribution in [-0.2, 0) is 30.4 Å². The lowest BCUT2D eigenvalue weighted by Crippen LogP contribution is -2.59. The fourth-order valence-electron chi connectivity index (χ4n) is 3.42. The molecule has 1 aromatic rings. The second-order valence-corrected chi connectivity index (χ2v) is 9.04. The molecule has 0 aromatic carbocycles. The molecule has 0 saturated carbocycles. The molecule has 0 spiro atoms. The maximum Gasteiger partial charge on any atom is 0.326 e. The number of primary amides is 1. The average molecular weight is 510 g/mol. The zero-order valence-electron chi connectivity index (χ0n) is 21.2. The number of carboxylic acid groups (broad SMARTS) is 1. The number of imidazole rings is 1. The molecule has 4 amide bonds. The molecule has 1 heterocycles. The smallest absolute Gasteiger partial charge is 0.326 e. The first-order valence-corrected chi connectivity index (χ1v) is 12.1. The normalized spacial score (nSPS) is 16.0. The van der Waals surface area contributed by atoms with Crippen LogP contribution in [0, 0.1) is 11.8 Å². The largest absolute Gasteiger partial charge is 0.480 e. The van der Waals surface area contributed by atoms with E-state index in [1.54, 1.807) is 13.8 Å². The summed E-state index contributed by atoms with van der Waals surface area (Å²) in [6, 6.07) is -4.36. The van der Waals surface area contributed by atoms with E-state index in [1.165, 1.54) is 12.5 Å². The Hall–Kier alpha value is -3.48. The van der Waals surface area contributed by atoms with Crippen LogP contribution in [0.25, 0.3) is 0 Å². The molecule has 0 aliphatic carbocycles. The van der Waals surface area contributed by atoms with E-state index in [0.29, 0.717) is 18.5 Å². The number of aromatic nitrogens is 2. The number of carbonyl (C=O) groups is 5. The van der Waals surface area contributed by atoms with Crippen molar-refractivity contribution in [2.75, 3.05) is 0 Å². The molecule has 1 rings (SSSR count). The van der Waals surface area contributed by atoms with Crippen molar-refractivity contribution in [1.82, 2.24) is 25.9 Å². The Morgan fingerprint density at radius 2 is 1.56 bits per heavy atom. The highest BCUT2D eigenvalue weighted by atomic mass is 16.4. The van der Waals surface area contributed by atoms with Gasteiger partial charge in [0.25, 0.3) is 0 Å². The number of amides is 4. The number of hydrogen-bond donors (Lipinski definition) is 7. The van der Waals surface area contributed by atoms with Crippen LogP contribution in [0.1, 0.15) is 59.1 Å². The van der Waals surface area contributed by atoms with Gasteiger partial charge in [-0.05, 0) is 18.3 Å². The molecule has 9 N–H and O–H groups in total. The molecule has 13 nitrogen and oxygen atoms in total. The number of aliphatic carboxylic acids is 1.